The van der Waals surface area contributed by atoms with E-state index in [2.05, 4.69) is 20.9 Å². The van der Waals surface area contributed by atoms with Crippen molar-refractivity contribution in [2.45, 2.75) is 62.7 Å². The number of unbranched alkanes of at least 4 members (excludes halogenated alkanes) is 1. The van der Waals surface area contributed by atoms with Gasteiger partial charge < -0.3 is 49.1 Å². The summed E-state index contributed by atoms with van der Waals surface area (Å²) in [4.78, 5) is 53.3. The molecule has 3 amide bonds. The number of nitrogens with zero attached hydrogens (tertiary/aromatic N) is 1. The maximum Gasteiger partial charge on any atom is 0.328 e. The summed E-state index contributed by atoms with van der Waals surface area (Å²) >= 11 is 1.53. The number of carbonyl (C=O) groups is 4. The number of aliphatic imine (C=N–C) groups is 1. The van der Waals surface area contributed by atoms with Crippen LogP contribution in [-0.2, 0) is 19.2 Å². The van der Waals surface area contributed by atoms with Gasteiger partial charge in [0.1, 0.15) is 18.1 Å². The predicted molar refractivity (Wildman–Crippen MR) is 134 cm³/mol. The number of nitrogens with one attached hydrogen (secondary N) is 3. The second-order valence-electron chi connectivity index (χ2n) is 7.83. The van der Waals surface area contributed by atoms with Crippen molar-refractivity contribution in [3.05, 3.63) is 0 Å². The minimum Gasteiger partial charge on any atom is -0.480 e. The molecule has 0 spiro atoms. The van der Waals surface area contributed by atoms with E-state index in [1.807, 2.05) is 6.26 Å². The van der Waals surface area contributed by atoms with Gasteiger partial charge in [-0.1, -0.05) is 0 Å². The number of hydrogen-bond donors (Lipinski definition) is 9. The minimum absolute atomic E-state index is 0.109. The number of aliphatic hydroxyl groups excluding tert-OH is 1. The zero-order valence-electron chi connectivity index (χ0n) is 20.1. The van der Waals surface area contributed by atoms with E-state index in [-0.39, 0.29) is 25.3 Å². The number of aliphatic carboxylic acids is 1. The first-order valence-corrected chi connectivity index (χ1v) is 12.7. The van der Waals surface area contributed by atoms with Crippen molar-refractivity contribution in [2.75, 3.05) is 31.7 Å². The second-order valence-corrected chi connectivity index (χ2v) is 8.81. The van der Waals surface area contributed by atoms with Crippen LogP contribution in [0.4, 0.5) is 0 Å². The fourth-order valence-corrected chi connectivity index (χ4v) is 3.41. The van der Waals surface area contributed by atoms with Gasteiger partial charge in [-0.3, -0.25) is 19.4 Å². The largest absolute Gasteiger partial charge is 0.480 e. The highest BCUT2D eigenvalue weighted by molar-refractivity contribution is 7.98. The van der Waals surface area contributed by atoms with Crippen molar-refractivity contribution in [3.8, 4) is 0 Å². The predicted octanol–water partition coefficient (Wildman–Crippen LogP) is -3.22. The van der Waals surface area contributed by atoms with E-state index < -0.39 is 54.5 Å². The van der Waals surface area contributed by atoms with Gasteiger partial charge in [-0.15, -0.1) is 0 Å². The average molecular weight is 521 g/mol. The van der Waals surface area contributed by atoms with Gasteiger partial charge >= 0.3 is 5.97 Å². The highest BCUT2D eigenvalue weighted by atomic mass is 32.2. The molecule has 0 aliphatic rings. The van der Waals surface area contributed by atoms with Gasteiger partial charge in [0.2, 0.25) is 17.7 Å². The SMILES string of the molecule is CSCCC(N)C(=O)NC(CCCN=C(N)N)C(=O)NC(CCCCN)C(=O)NC(CO)C(=O)O. The molecule has 0 rings (SSSR count). The molecule has 0 fully saturated rings. The molecular weight excluding hydrogens is 480 g/mol. The molecule has 0 aromatic carbocycles. The van der Waals surface area contributed by atoms with Gasteiger partial charge in [-0.2, -0.15) is 11.8 Å². The normalized spacial score (nSPS) is 14.2. The monoisotopic (exact) mass is 520 g/mol. The van der Waals surface area contributed by atoms with E-state index in [0.29, 0.717) is 38.0 Å². The number of nitrogens with two attached hydrogens (primary N) is 4. The molecule has 0 aromatic rings. The van der Waals surface area contributed by atoms with E-state index in [1.54, 1.807) is 0 Å². The lowest BCUT2D eigenvalue weighted by Gasteiger charge is -2.25. The summed E-state index contributed by atoms with van der Waals surface area (Å²) in [5, 5.41) is 25.7. The molecule has 0 bridgehead atoms. The maximum absolute atomic E-state index is 13.1. The molecule has 0 aromatic heterocycles. The molecule has 4 atom stereocenters. The number of aliphatic hydroxyl groups is 1. The Hall–Kier alpha value is -2.62. The average Bonchev–Trinajstić information content (AvgIpc) is 2.81. The maximum atomic E-state index is 13.1. The zero-order chi connectivity index (χ0) is 26.8. The first-order chi connectivity index (χ1) is 16.6. The molecule has 13 N–H and O–H groups in total. The van der Waals surface area contributed by atoms with E-state index in [4.69, 9.17) is 28.0 Å². The van der Waals surface area contributed by atoms with Crippen molar-refractivity contribution >= 4 is 41.4 Å². The molecule has 0 radical (unpaired) electrons. The Balaban J connectivity index is 5.49. The van der Waals surface area contributed by atoms with Crippen LogP contribution in [0.2, 0.25) is 0 Å². The van der Waals surface area contributed by atoms with Crippen LogP contribution in [0.25, 0.3) is 0 Å². The number of carboxylic acids is 1. The Morgan fingerprint density at radius 3 is 1.91 bits per heavy atom. The number of hydrogen-bond acceptors (Lipinski definition) is 9. The highest BCUT2D eigenvalue weighted by Crippen LogP contribution is 2.06. The summed E-state index contributed by atoms with van der Waals surface area (Å²) in [6.45, 7) is -0.228. The van der Waals surface area contributed by atoms with Gasteiger partial charge in [-0.05, 0) is 57.1 Å². The Kier molecular flexibility index (Phi) is 17.3. The minimum atomic E-state index is -1.53. The quantitative estimate of drug-likeness (QED) is 0.0464. The summed E-state index contributed by atoms with van der Waals surface area (Å²) < 4.78 is 0. The van der Waals surface area contributed by atoms with E-state index in [9.17, 15) is 24.3 Å². The van der Waals surface area contributed by atoms with Gasteiger partial charge in [-0.25, -0.2) is 4.79 Å². The van der Waals surface area contributed by atoms with Crippen LogP contribution < -0.4 is 38.9 Å². The van der Waals surface area contributed by atoms with Gasteiger partial charge in [0.15, 0.2) is 5.96 Å². The van der Waals surface area contributed by atoms with Crippen molar-refractivity contribution < 1.29 is 29.4 Å². The van der Waals surface area contributed by atoms with Crippen molar-refractivity contribution in [3.63, 3.8) is 0 Å². The third kappa shape index (κ3) is 14.4. The summed E-state index contributed by atoms with van der Waals surface area (Å²) in [6.07, 6.45) is 4.04. The van der Waals surface area contributed by atoms with Crippen LogP contribution in [0.5, 0.6) is 0 Å². The summed E-state index contributed by atoms with van der Waals surface area (Å²) in [7, 11) is 0. The zero-order valence-corrected chi connectivity index (χ0v) is 20.9. The molecule has 0 heterocycles. The number of thioether (sulfide) groups is 1. The number of carboxylic acid groups (broad SMARTS) is 1. The fraction of sp³-hybridized carbons (Fsp3) is 0.750. The number of carbonyl (C=O) groups excluding carboxylic acids is 3. The standard InChI is InChI=1S/C20H40N8O6S/c1-35-10-7-12(22)16(30)26-14(6-4-9-25-20(23)24)17(31)27-13(5-2-3-8-21)18(32)28-15(11-29)19(33)34/h12-15,29H,2-11,21-22H2,1H3,(H,26,30)(H,27,31)(H,28,32)(H,33,34)(H4,23,24,25). The molecule has 0 aliphatic heterocycles. The number of amides is 3. The Labute approximate surface area is 209 Å². The molecule has 0 aliphatic carbocycles. The van der Waals surface area contributed by atoms with Crippen molar-refractivity contribution in [2.24, 2.45) is 27.9 Å². The number of guanidine groups is 1. The molecule has 14 nitrogen and oxygen atoms in total. The van der Waals surface area contributed by atoms with E-state index >= 15 is 0 Å². The van der Waals surface area contributed by atoms with Gasteiger partial charge in [0, 0.05) is 6.54 Å². The lowest BCUT2D eigenvalue weighted by Crippen LogP contribution is -2.57. The molecule has 35 heavy (non-hydrogen) atoms. The smallest absolute Gasteiger partial charge is 0.328 e. The highest BCUT2D eigenvalue weighted by Gasteiger charge is 2.29. The first-order valence-electron chi connectivity index (χ1n) is 11.3. The summed E-state index contributed by atoms with van der Waals surface area (Å²) in [6, 6.07) is -4.49. The third-order valence-corrected chi connectivity index (χ3v) is 5.57. The van der Waals surface area contributed by atoms with Crippen LogP contribution >= 0.6 is 11.8 Å². The van der Waals surface area contributed by atoms with Crippen LogP contribution in [0, 0.1) is 0 Å². The Morgan fingerprint density at radius 2 is 1.43 bits per heavy atom. The topological polar surface area (TPSA) is 261 Å². The van der Waals surface area contributed by atoms with Crippen LogP contribution in [0.3, 0.4) is 0 Å². The third-order valence-electron chi connectivity index (χ3n) is 4.93. The van der Waals surface area contributed by atoms with Crippen molar-refractivity contribution in [1.82, 2.24) is 16.0 Å². The molecule has 0 saturated carbocycles. The van der Waals surface area contributed by atoms with Crippen LogP contribution in [0.15, 0.2) is 4.99 Å². The molecule has 202 valence electrons. The van der Waals surface area contributed by atoms with Crippen molar-refractivity contribution in [1.29, 1.82) is 0 Å². The van der Waals surface area contributed by atoms with E-state index in [1.165, 1.54) is 11.8 Å². The second kappa shape index (κ2) is 18.7. The van der Waals surface area contributed by atoms with Gasteiger partial charge in [0.25, 0.3) is 0 Å². The molecule has 15 heteroatoms. The summed E-state index contributed by atoms with van der Waals surface area (Å²) in [5.74, 6) is -2.81. The van der Waals surface area contributed by atoms with Gasteiger partial charge in [0.05, 0.1) is 12.6 Å². The lowest BCUT2D eigenvalue weighted by molar-refractivity contribution is -0.143. The fourth-order valence-electron chi connectivity index (χ4n) is 2.92. The Bertz CT molecular complexity index is 707. The molecule has 0 saturated heterocycles. The van der Waals surface area contributed by atoms with Crippen LogP contribution in [-0.4, -0.2) is 95.7 Å². The Morgan fingerprint density at radius 1 is 0.886 bits per heavy atom. The van der Waals surface area contributed by atoms with Crippen LogP contribution in [0.1, 0.15) is 38.5 Å². The number of rotatable bonds is 19. The first kappa shape index (κ1) is 32.4. The lowest BCUT2D eigenvalue weighted by atomic mass is 10.1. The summed E-state index contributed by atoms with van der Waals surface area (Å²) in [5.41, 5.74) is 22.0. The molecule has 4 unspecified atom stereocenters. The van der Waals surface area contributed by atoms with E-state index in [0.717, 1.165) is 0 Å². The molecular formula is C20H40N8O6S.